The second-order valence-electron chi connectivity index (χ2n) is 9.34. The highest BCUT2D eigenvalue weighted by Crippen LogP contribution is 2.45. The van der Waals surface area contributed by atoms with Crippen LogP contribution >= 0.6 is 11.3 Å². The molecular formula is C33H20S. The zero-order chi connectivity index (χ0) is 22.2. The van der Waals surface area contributed by atoms with Crippen LogP contribution in [0.1, 0.15) is 11.1 Å². The first-order valence-corrected chi connectivity index (χ1v) is 12.6. The summed E-state index contributed by atoms with van der Waals surface area (Å²) in [5.41, 5.74) is 8.23. The molecule has 0 nitrogen and oxygen atoms in total. The second kappa shape index (κ2) is 6.79. The number of thiophene rings is 1. The molecule has 0 saturated heterocycles. The molecule has 0 atom stereocenters. The summed E-state index contributed by atoms with van der Waals surface area (Å²) in [4.78, 5) is 0. The van der Waals surface area contributed by atoms with Gasteiger partial charge in [-0.1, -0.05) is 91.0 Å². The van der Waals surface area contributed by atoms with Crippen molar-refractivity contribution in [2.75, 3.05) is 0 Å². The second-order valence-corrected chi connectivity index (χ2v) is 10.4. The summed E-state index contributed by atoms with van der Waals surface area (Å²) in [6.07, 6.45) is 0.989. The number of hydrogen-bond donors (Lipinski definition) is 0. The molecule has 1 aliphatic carbocycles. The van der Waals surface area contributed by atoms with Crippen molar-refractivity contribution in [1.29, 1.82) is 0 Å². The maximum absolute atomic E-state index is 2.39. The Morgan fingerprint density at radius 1 is 0.471 bits per heavy atom. The standard InChI is InChI=1S/C33H20S/c1-2-7-21-18-30-24(16-20(21)6-1)17-23-8-5-10-28-25(14-15-29(30)33(23)28)22-12-13-27-26-9-3-4-11-31(26)34-32(27)19-22/h1-16,18-19H,17H2. The van der Waals surface area contributed by atoms with Crippen LogP contribution in [-0.4, -0.2) is 0 Å². The fraction of sp³-hybridized carbons (Fsp3) is 0.0303. The molecule has 8 rings (SSSR count). The van der Waals surface area contributed by atoms with Gasteiger partial charge in [-0.3, -0.25) is 0 Å². The van der Waals surface area contributed by atoms with E-state index in [1.54, 1.807) is 0 Å². The van der Waals surface area contributed by atoms with Gasteiger partial charge < -0.3 is 0 Å². The Kier molecular flexibility index (Phi) is 3.69. The van der Waals surface area contributed by atoms with Crippen LogP contribution in [0.25, 0.3) is 64.0 Å². The Balaban J connectivity index is 1.38. The minimum atomic E-state index is 0.989. The molecule has 0 saturated carbocycles. The van der Waals surface area contributed by atoms with Crippen molar-refractivity contribution in [1.82, 2.24) is 0 Å². The fourth-order valence-electron chi connectivity index (χ4n) is 5.89. The Morgan fingerprint density at radius 2 is 1.24 bits per heavy atom. The summed E-state index contributed by atoms with van der Waals surface area (Å²) in [6, 6.07) is 40.7. The molecule has 0 radical (unpaired) electrons. The van der Waals surface area contributed by atoms with E-state index in [9.17, 15) is 0 Å². The lowest BCUT2D eigenvalue weighted by atomic mass is 9.81. The van der Waals surface area contributed by atoms with E-state index < -0.39 is 0 Å². The SMILES string of the molecule is c1ccc2cc3c(cc2c1)Cc1cccc2c(-c4ccc5c(c4)sc4ccccc45)ccc-3c12. The summed E-state index contributed by atoms with van der Waals surface area (Å²) in [7, 11) is 0. The van der Waals surface area contributed by atoms with Crippen LogP contribution in [0.15, 0.2) is 109 Å². The van der Waals surface area contributed by atoms with E-state index in [2.05, 4.69) is 109 Å². The summed E-state index contributed by atoms with van der Waals surface area (Å²) in [5.74, 6) is 0. The molecule has 0 spiro atoms. The molecule has 1 heteroatoms. The van der Waals surface area contributed by atoms with Crippen LogP contribution in [0.5, 0.6) is 0 Å². The first kappa shape index (κ1) is 18.5. The van der Waals surface area contributed by atoms with Crippen LogP contribution in [-0.2, 0) is 6.42 Å². The molecule has 1 aromatic heterocycles. The van der Waals surface area contributed by atoms with Crippen LogP contribution < -0.4 is 0 Å². The Hall–Kier alpha value is -3.94. The van der Waals surface area contributed by atoms with Crippen molar-refractivity contribution in [2.45, 2.75) is 6.42 Å². The van der Waals surface area contributed by atoms with Gasteiger partial charge >= 0.3 is 0 Å². The average molecular weight is 449 g/mol. The Labute approximate surface area is 201 Å². The third-order valence-electron chi connectivity index (χ3n) is 7.46. The lowest BCUT2D eigenvalue weighted by Gasteiger charge is -2.23. The van der Waals surface area contributed by atoms with Crippen molar-refractivity contribution in [2.24, 2.45) is 0 Å². The van der Waals surface area contributed by atoms with Crippen LogP contribution in [0.2, 0.25) is 0 Å². The molecule has 0 aliphatic heterocycles. The van der Waals surface area contributed by atoms with Crippen LogP contribution in [0, 0.1) is 0 Å². The number of hydrogen-bond acceptors (Lipinski definition) is 1. The number of rotatable bonds is 1. The van der Waals surface area contributed by atoms with Crippen molar-refractivity contribution >= 4 is 53.1 Å². The number of benzene rings is 6. The Bertz CT molecular complexity index is 1940. The molecular weight excluding hydrogens is 428 g/mol. The molecule has 7 aromatic rings. The zero-order valence-electron chi connectivity index (χ0n) is 18.5. The monoisotopic (exact) mass is 448 g/mol. The van der Waals surface area contributed by atoms with E-state index in [0.29, 0.717) is 0 Å². The van der Waals surface area contributed by atoms with Gasteiger partial charge in [-0.2, -0.15) is 0 Å². The zero-order valence-corrected chi connectivity index (χ0v) is 19.3. The molecule has 0 N–H and O–H groups in total. The molecule has 34 heavy (non-hydrogen) atoms. The molecule has 6 aromatic carbocycles. The van der Waals surface area contributed by atoms with Crippen LogP contribution in [0.3, 0.4) is 0 Å². The largest absolute Gasteiger partial charge is 0.135 e. The van der Waals surface area contributed by atoms with E-state index in [4.69, 9.17) is 0 Å². The first-order chi connectivity index (χ1) is 16.8. The number of fused-ring (bicyclic) bond motifs is 6. The molecule has 158 valence electrons. The normalized spacial score (nSPS) is 12.6. The molecule has 0 unspecified atom stereocenters. The third-order valence-corrected chi connectivity index (χ3v) is 8.59. The maximum Gasteiger partial charge on any atom is 0.0361 e. The predicted molar refractivity (Wildman–Crippen MR) is 148 cm³/mol. The predicted octanol–water partition coefficient (Wildman–Crippen LogP) is 9.60. The lowest BCUT2D eigenvalue weighted by Crippen LogP contribution is -2.02. The molecule has 0 amide bonds. The molecule has 1 aliphatic rings. The topological polar surface area (TPSA) is 0 Å². The summed E-state index contributed by atoms with van der Waals surface area (Å²) < 4.78 is 2.71. The van der Waals surface area contributed by atoms with Gasteiger partial charge in [0.25, 0.3) is 0 Å². The van der Waals surface area contributed by atoms with Gasteiger partial charge in [-0.15, -0.1) is 11.3 Å². The van der Waals surface area contributed by atoms with Gasteiger partial charge in [-0.25, -0.2) is 0 Å². The summed E-state index contributed by atoms with van der Waals surface area (Å²) >= 11 is 1.89. The van der Waals surface area contributed by atoms with Gasteiger partial charge in [0.15, 0.2) is 0 Å². The van der Waals surface area contributed by atoms with Gasteiger partial charge in [0.05, 0.1) is 0 Å². The lowest BCUT2D eigenvalue weighted by molar-refractivity contribution is 1.21. The smallest absolute Gasteiger partial charge is 0.0361 e. The van der Waals surface area contributed by atoms with Crippen molar-refractivity contribution in [3.05, 3.63) is 120 Å². The van der Waals surface area contributed by atoms with Crippen LogP contribution in [0.4, 0.5) is 0 Å². The third kappa shape index (κ3) is 2.53. The minimum Gasteiger partial charge on any atom is -0.135 e. The summed E-state index contributed by atoms with van der Waals surface area (Å²) in [6.45, 7) is 0. The van der Waals surface area contributed by atoms with E-state index in [0.717, 1.165) is 6.42 Å². The Morgan fingerprint density at radius 3 is 2.18 bits per heavy atom. The van der Waals surface area contributed by atoms with E-state index in [1.807, 2.05) is 11.3 Å². The molecule has 0 fully saturated rings. The van der Waals surface area contributed by atoms with E-state index in [-0.39, 0.29) is 0 Å². The highest BCUT2D eigenvalue weighted by Gasteiger charge is 2.21. The minimum absolute atomic E-state index is 0.989. The van der Waals surface area contributed by atoms with Gasteiger partial charge in [0, 0.05) is 20.2 Å². The molecule has 0 bridgehead atoms. The maximum atomic E-state index is 2.39. The first-order valence-electron chi connectivity index (χ1n) is 11.8. The van der Waals surface area contributed by atoms with Gasteiger partial charge in [-0.05, 0) is 79.5 Å². The fourth-order valence-corrected chi connectivity index (χ4v) is 7.03. The van der Waals surface area contributed by atoms with Crippen molar-refractivity contribution in [3.63, 3.8) is 0 Å². The van der Waals surface area contributed by atoms with E-state index in [1.165, 1.54) is 75.1 Å². The van der Waals surface area contributed by atoms with Gasteiger partial charge in [0.2, 0.25) is 0 Å². The summed E-state index contributed by atoms with van der Waals surface area (Å²) in [5, 5.41) is 8.12. The highest BCUT2D eigenvalue weighted by atomic mass is 32.1. The average Bonchev–Trinajstić information content (AvgIpc) is 3.26. The van der Waals surface area contributed by atoms with E-state index >= 15 is 0 Å². The van der Waals surface area contributed by atoms with Crippen molar-refractivity contribution in [3.8, 4) is 22.3 Å². The highest BCUT2D eigenvalue weighted by molar-refractivity contribution is 7.25. The quantitative estimate of drug-likeness (QED) is 0.234. The molecule has 1 heterocycles. The van der Waals surface area contributed by atoms with Crippen molar-refractivity contribution < 1.29 is 0 Å². The van der Waals surface area contributed by atoms with Gasteiger partial charge in [0.1, 0.15) is 0 Å².